The molecule has 33 heavy (non-hydrogen) atoms. The highest BCUT2D eigenvalue weighted by Crippen LogP contribution is 2.34. The van der Waals surface area contributed by atoms with Crippen molar-refractivity contribution in [2.24, 2.45) is 0 Å². The molecule has 0 saturated heterocycles. The molecule has 0 bridgehead atoms. The molecule has 0 unspecified atom stereocenters. The van der Waals surface area contributed by atoms with Gasteiger partial charge in [0.25, 0.3) is 11.6 Å². The highest BCUT2D eigenvalue weighted by Gasteiger charge is 2.24. The summed E-state index contributed by atoms with van der Waals surface area (Å²) in [4.78, 5) is 28.5. The van der Waals surface area contributed by atoms with Crippen molar-refractivity contribution in [1.29, 1.82) is 0 Å². The van der Waals surface area contributed by atoms with Crippen molar-refractivity contribution in [3.63, 3.8) is 0 Å². The minimum atomic E-state index is -0.650. The summed E-state index contributed by atoms with van der Waals surface area (Å²) in [5.74, 6) is -0.236. The Balaban J connectivity index is 1.50. The highest BCUT2D eigenvalue weighted by atomic mass is 32.1. The molecule has 2 aromatic carbocycles. The first-order valence-corrected chi connectivity index (χ1v) is 10.6. The molecule has 0 saturated carbocycles. The van der Waals surface area contributed by atoms with Gasteiger partial charge in [0.2, 0.25) is 4.96 Å². The Bertz CT molecular complexity index is 1350. The fraction of sp³-hybridized carbons (Fsp3) is 0.190. The lowest BCUT2D eigenvalue weighted by molar-refractivity contribution is -0.385. The topological polar surface area (TPSA) is 121 Å². The molecule has 10 nitrogen and oxygen atoms in total. The fourth-order valence-electron chi connectivity index (χ4n) is 3.25. The number of hydrogen-bond donors (Lipinski definition) is 1. The van der Waals surface area contributed by atoms with Gasteiger partial charge in [-0.25, -0.2) is 8.91 Å². The van der Waals surface area contributed by atoms with Gasteiger partial charge in [-0.2, -0.15) is 4.98 Å². The molecule has 0 spiro atoms. The molecule has 1 N–H and O–H groups in total. The second kappa shape index (κ2) is 9.20. The number of nitrogens with one attached hydrogen (secondary N) is 1. The van der Waals surface area contributed by atoms with Gasteiger partial charge in [0.1, 0.15) is 11.4 Å². The molecular weight excluding hydrogens is 453 g/mol. The molecule has 170 valence electrons. The minimum absolute atomic E-state index is 0.137. The van der Waals surface area contributed by atoms with Gasteiger partial charge in [0, 0.05) is 30.0 Å². The van der Waals surface area contributed by atoms with E-state index in [4.69, 9.17) is 9.47 Å². The quantitative estimate of drug-likeness (QED) is 0.308. The van der Waals surface area contributed by atoms with Crippen LogP contribution in [0.1, 0.15) is 16.1 Å². The molecule has 0 radical (unpaired) electrons. The zero-order valence-corrected chi connectivity index (χ0v) is 18.4. The number of amides is 1. The summed E-state index contributed by atoms with van der Waals surface area (Å²) in [6.07, 6.45) is 0.402. The highest BCUT2D eigenvalue weighted by molar-refractivity contribution is 7.15. The third-order valence-corrected chi connectivity index (χ3v) is 5.71. The van der Waals surface area contributed by atoms with Crippen molar-refractivity contribution in [1.82, 2.24) is 19.9 Å². The molecule has 1 amide bonds. The lowest BCUT2D eigenvalue weighted by Crippen LogP contribution is -2.26. The van der Waals surface area contributed by atoms with Gasteiger partial charge in [-0.1, -0.05) is 12.1 Å². The van der Waals surface area contributed by atoms with Gasteiger partial charge < -0.3 is 14.8 Å². The summed E-state index contributed by atoms with van der Waals surface area (Å²) in [7, 11) is 2.73. The van der Waals surface area contributed by atoms with Crippen LogP contribution in [0.4, 0.5) is 10.1 Å². The number of rotatable bonds is 8. The molecule has 2 aromatic heterocycles. The summed E-state index contributed by atoms with van der Waals surface area (Å²) in [6.45, 7) is 0.200. The second-order valence-corrected chi connectivity index (χ2v) is 7.69. The van der Waals surface area contributed by atoms with Crippen LogP contribution in [0.5, 0.6) is 11.5 Å². The van der Waals surface area contributed by atoms with E-state index < -0.39 is 10.8 Å². The van der Waals surface area contributed by atoms with Crippen LogP contribution in [0.3, 0.4) is 0 Å². The first-order valence-electron chi connectivity index (χ1n) is 9.69. The first-order chi connectivity index (χ1) is 15.9. The van der Waals surface area contributed by atoms with Gasteiger partial charge in [-0.15, -0.1) is 16.4 Å². The average molecular weight is 471 g/mol. The molecule has 0 aliphatic heterocycles. The zero-order chi connectivity index (χ0) is 23.5. The van der Waals surface area contributed by atoms with Crippen LogP contribution < -0.4 is 14.8 Å². The maximum Gasteiger partial charge on any atom is 0.286 e. The summed E-state index contributed by atoms with van der Waals surface area (Å²) in [5, 5.41) is 20.4. The van der Waals surface area contributed by atoms with Crippen LogP contribution in [0.2, 0.25) is 0 Å². The number of hydrogen-bond acceptors (Lipinski definition) is 8. The van der Waals surface area contributed by atoms with Crippen molar-refractivity contribution in [3.8, 4) is 22.9 Å². The van der Waals surface area contributed by atoms with Crippen LogP contribution in [0.15, 0.2) is 41.8 Å². The number of ether oxygens (including phenoxy) is 2. The van der Waals surface area contributed by atoms with Crippen LogP contribution in [0, 0.1) is 15.9 Å². The Morgan fingerprint density at radius 1 is 1.24 bits per heavy atom. The van der Waals surface area contributed by atoms with Crippen LogP contribution in [0.25, 0.3) is 16.3 Å². The Morgan fingerprint density at radius 3 is 2.70 bits per heavy atom. The van der Waals surface area contributed by atoms with Crippen LogP contribution >= 0.6 is 11.3 Å². The third-order valence-electron chi connectivity index (χ3n) is 4.84. The lowest BCUT2D eigenvalue weighted by Gasteiger charge is -2.10. The molecular formula is C21H18FN5O5S. The summed E-state index contributed by atoms with van der Waals surface area (Å²) in [5.41, 5.74) is 0.819. The predicted molar refractivity (Wildman–Crippen MR) is 118 cm³/mol. The molecule has 0 aliphatic rings. The Morgan fingerprint density at radius 2 is 2.00 bits per heavy atom. The monoisotopic (exact) mass is 471 g/mol. The Labute approximate surface area is 190 Å². The van der Waals surface area contributed by atoms with E-state index >= 15 is 0 Å². The maximum atomic E-state index is 13.5. The van der Waals surface area contributed by atoms with Crippen molar-refractivity contribution < 1.29 is 23.6 Å². The number of nitrogens with zero attached hydrogens (tertiary/aromatic N) is 4. The third kappa shape index (κ3) is 4.46. The number of carbonyl (C=O) groups excluding carboxylic acids is 1. The average Bonchev–Trinajstić information content (AvgIpc) is 3.39. The van der Waals surface area contributed by atoms with E-state index in [1.165, 1.54) is 43.8 Å². The summed E-state index contributed by atoms with van der Waals surface area (Å²) < 4.78 is 25.4. The summed E-state index contributed by atoms with van der Waals surface area (Å²) in [6, 6.07) is 8.44. The number of fused-ring (bicyclic) bond motifs is 1. The van der Waals surface area contributed by atoms with Crippen molar-refractivity contribution in [3.05, 3.63) is 69.0 Å². The SMILES string of the molecule is COc1cc(C(=O)NCCc2csc3nc(-c4cccc(F)c4)nn23)c([N+](=O)[O-])cc1OC. The fourth-order valence-corrected chi connectivity index (χ4v) is 4.10. The zero-order valence-electron chi connectivity index (χ0n) is 17.6. The molecule has 4 rings (SSSR count). The smallest absolute Gasteiger partial charge is 0.286 e. The largest absolute Gasteiger partial charge is 0.493 e. The van der Waals surface area contributed by atoms with Gasteiger partial charge in [0.05, 0.1) is 30.9 Å². The summed E-state index contributed by atoms with van der Waals surface area (Å²) >= 11 is 1.37. The van der Waals surface area contributed by atoms with Crippen LogP contribution in [-0.4, -0.2) is 46.2 Å². The van der Waals surface area contributed by atoms with Gasteiger partial charge >= 0.3 is 0 Å². The number of nitro groups is 1. The number of aromatic nitrogens is 3. The Hall–Kier alpha value is -4.06. The van der Waals surface area contributed by atoms with E-state index in [0.29, 0.717) is 22.8 Å². The van der Waals surface area contributed by atoms with Crippen molar-refractivity contribution in [2.75, 3.05) is 20.8 Å². The Kier molecular flexibility index (Phi) is 6.18. The van der Waals surface area contributed by atoms with Gasteiger partial charge in [-0.3, -0.25) is 14.9 Å². The van der Waals surface area contributed by atoms with Gasteiger partial charge in [-0.05, 0) is 12.1 Å². The standard InChI is InChI=1S/C21H18FN5O5S/c1-31-17-9-15(16(27(29)30)10-18(17)32-2)20(28)23-7-6-14-11-33-21-24-19(25-26(14)21)12-4-3-5-13(22)8-12/h3-5,8-11H,6-7H2,1-2H3,(H,23,28). The van der Waals surface area contributed by atoms with E-state index in [0.717, 1.165) is 11.8 Å². The van der Waals surface area contributed by atoms with Gasteiger partial charge in [0.15, 0.2) is 17.3 Å². The van der Waals surface area contributed by atoms with E-state index in [1.807, 2.05) is 5.38 Å². The number of nitro benzene ring substituents is 1. The molecule has 0 atom stereocenters. The molecule has 0 aliphatic carbocycles. The number of thiazole rings is 1. The lowest BCUT2D eigenvalue weighted by atomic mass is 10.1. The number of methoxy groups -OCH3 is 2. The second-order valence-electron chi connectivity index (χ2n) is 6.85. The van der Waals surface area contributed by atoms with E-state index in [9.17, 15) is 19.3 Å². The minimum Gasteiger partial charge on any atom is -0.493 e. The van der Waals surface area contributed by atoms with Crippen molar-refractivity contribution in [2.45, 2.75) is 6.42 Å². The van der Waals surface area contributed by atoms with E-state index in [1.54, 1.807) is 16.6 Å². The molecule has 4 aromatic rings. The van der Waals surface area contributed by atoms with E-state index in [-0.39, 0.29) is 35.1 Å². The van der Waals surface area contributed by atoms with E-state index in [2.05, 4.69) is 15.4 Å². The van der Waals surface area contributed by atoms with Crippen molar-refractivity contribution >= 4 is 27.9 Å². The molecule has 12 heteroatoms. The number of benzene rings is 2. The maximum absolute atomic E-state index is 13.5. The number of carbonyl (C=O) groups is 1. The normalized spacial score (nSPS) is 10.9. The van der Waals surface area contributed by atoms with Crippen LogP contribution in [-0.2, 0) is 6.42 Å². The first kappa shape index (κ1) is 22.1. The molecule has 2 heterocycles. The predicted octanol–water partition coefficient (Wildman–Crippen LogP) is 3.49. The molecule has 0 fully saturated rings. The number of halogens is 1.